The Bertz CT molecular complexity index is 941. The predicted molar refractivity (Wildman–Crippen MR) is 117 cm³/mol. The lowest BCUT2D eigenvalue weighted by molar-refractivity contribution is 0.519. The molecule has 2 aromatic rings. The second-order valence-electron chi connectivity index (χ2n) is 6.49. The van der Waals surface area contributed by atoms with Crippen molar-refractivity contribution in [2.75, 3.05) is 27.4 Å². The molecule has 8 heteroatoms. The minimum atomic E-state index is -3.50. The van der Waals surface area contributed by atoms with Crippen molar-refractivity contribution in [2.24, 2.45) is 4.99 Å². The highest BCUT2D eigenvalue weighted by atomic mass is 32.2. The summed E-state index contributed by atoms with van der Waals surface area (Å²) in [7, 11) is 1.26. The summed E-state index contributed by atoms with van der Waals surface area (Å²) in [6.45, 7) is 3.07. The van der Waals surface area contributed by atoms with Crippen LogP contribution in [0.1, 0.15) is 16.7 Å². The number of benzene rings is 2. The van der Waals surface area contributed by atoms with Gasteiger partial charge in [0.1, 0.15) is 0 Å². The van der Waals surface area contributed by atoms with Crippen LogP contribution < -0.4 is 10.6 Å². The number of thioether (sulfide) groups is 1. The van der Waals surface area contributed by atoms with Gasteiger partial charge in [-0.2, -0.15) is 0 Å². The van der Waals surface area contributed by atoms with Gasteiger partial charge in [0.05, 0.1) is 4.90 Å². The molecule has 0 heterocycles. The zero-order chi connectivity index (χ0) is 20.7. The maximum Gasteiger partial charge on any atom is 0.242 e. The Morgan fingerprint density at radius 1 is 1.07 bits per heavy atom. The van der Waals surface area contributed by atoms with Gasteiger partial charge in [-0.3, -0.25) is 4.99 Å². The highest BCUT2D eigenvalue weighted by molar-refractivity contribution is 7.98. The van der Waals surface area contributed by atoms with Gasteiger partial charge < -0.3 is 10.6 Å². The van der Waals surface area contributed by atoms with E-state index in [-0.39, 0.29) is 0 Å². The number of nitrogens with one attached hydrogen (secondary N) is 2. The third-order valence-corrected chi connectivity index (χ3v) is 7.03. The molecule has 0 radical (unpaired) electrons. The maximum atomic E-state index is 12.5. The lowest BCUT2D eigenvalue weighted by Gasteiger charge is -2.17. The summed E-state index contributed by atoms with van der Waals surface area (Å²) in [4.78, 5) is 5.77. The summed E-state index contributed by atoms with van der Waals surface area (Å²) in [5.74, 6) is 0.615. The fraction of sp³-hybridized carbons (Fsp3) is 0.350. The zero-order valence-corrected chi connectivity index (χ0v) is 18.6. The molecule has 0 fully saturated rings. The smallest absolute Gasteiger partial charge is 0.242 e. The van der Waals surface area contributed by atoms with E-state index in [2.05, 4.69) is 47.0 Å². The van der Waals surface area contributed by atoms with E-state index in [1.807, 2.05) is 12.1 Å². The zero-order valence-electron chi connectivity index (χ0n) is 17.0. The van der Waals surface area contributed by atoms with Crippen molar-refractivity contribution in [2.45, 2.75) is 29.8 Å². The van der Waals surface area contributed by atoms with E-state index in [0.29, 0.717) is 29.5 Å². The van der Waals surface area contributed by atoms with Crippen molar-refractivity contribution < 1.29 is 8.42 Å². The largest absolute Gasteiger partial charge is 0.352 e. The summed E-state index contributed by atoms with van der Waals surface area (Å²) >= 11 is 1.71. The van der Waals surface area contributed by atoms with Crippen LogP contribution in [-0.4, -0.2) is 46.1 Å². The van der Waals surface area contributed by atoms with E-state index in [4.69, 9.17) is 0 Å². The number of aryl methyl sites for hydroxylation is 1. The van der Waals surface area contributed by atoms with Crippen molar-refractivity contribution in [3.05, 3.63) is 59.2 Å². The molecule has 0 aliphatic carbocycles. The number of nitrogens with zero attached hydrogens (tertiary/aromatic N) is 2. The molecule has 152 valence electrons. The van der Waals surface area contributed by atoms with Gasteiger partial charge in [-0.25, -0.2) is 12.7 Å². The fourth-order valence-electron chi connectivity index (χ4n) is 2.67. The topological polar surface area (TPSA) is 73.8 Å². The monoisotopic (exact) mass is 420 g/mol. The van der Waals surface area contributed by atoms with Crippen LogP contribution in [0.3, 0.4) is 0 Å². The Kier molecular flexibility index (Phi) is 7.91. The molecule has 0 aliphatic rings. The third kappa shape index (κ3) is 5.50. The van der Waals surface area contributed by atoms with Crippen molar-refractivity contribution in [1.82, 2.24) is 14.9 Å². The number of hydrogen-bond acceptors (Lipinski definition) is 4. The van der Waals surface area contributed by atoms with Gasteiger partial charge in [-0.15, -0.1) is 11.8 Å². The van der Waals surface area contributed by atoms with Crippen molar-refractivity contribution in [3.63, 3.8) is 0 Å². The Labute approximate surface area is 172 Å². The molecule has 28 heavy (non-hydrogen) atoms. The standard InChI is InChI=1S/C20H28N4O2S2/c1-15-10-11-16(18(12-15)27-5)13-22-20(21-2)23-14-17-8-6-7-9-19(17)28(25,26)24(3)4/h6-12H,13-14H2,1-5H3,(H2,21,22,23). The molecule has 0 aromatic heterocycles. The van der Waals surface area contributed by atoms with Crippen LogP contribution in [0.25, 0.3) is 0 Å². The van der Waals surface area contributed by atoms with Gasteiger partial charge in [0.2, 0.25) is 10.0 Å². The highest BCUT2D eigenvalue weighted by Crippen LogP contribution is 2.22. The van der Waals surface area contributed by atoms with Crippen molar-refractivity contribution in [1.29, 1.82) is 0 Å². The van der Waals surface area contributed by atoms with Crippen LogP contribution >= 0.6 is 11.8 Å². The molecule has 0 bridgehead atoms. The van der Waals surface area contributed by atoms with Crippen LogP contribution in [-0.2, 0) is 23.1 Å². The van der Waals surface area contributed by atoms with Crippen molar-refractivity contribution >= 4 is 27.7 Å². The molecule has 0 amide bonds. The normalized spacial score (nSPS) is 12.3. The van der Waals surface area contributed by atoms with Gasteiger partial charge in [0.15, 0.2) is 5.96 Å². The summed E-state index contributed by atoms with van der Waals surface area (Å²) in [6, 6.07) is 13.4. The number of guanidine groups is 1. The van der Waals surface area contributed by atoms with Crippen LogP contribution in [0.5, 0.6) is 0 Å². The molecule has 0 aliphatic heterocycles. The molecule has 0 atom stereocenters. The lowest BCUT2D eigenvalue weighted by Crippen LogP contribution is -2.37. The number of aliphatic imine (C=N–C) groups is 1. The molecule has 0 saturated carbocycles. The second-order valence-corrected chi connectivity index (χ2v) is 9.46. The van der Waals surface area contributed by atoms with E-state index < -0.39 is 10.0 Å². The summed E-state index contributed by atoms with van der Waals surface area (Å²) in [5.41, 5.74) is 3.12. The second kappa shape index (κ2) is 9.95. The number of hydrogen-bond donors (Lipinski definition) is 2. The van der Waals surface area contributed by atoms with Gasteiger partial charge in [0, 0.05) is 39.1 Å². The molecule has 2 aromatic carbocycles. The quantitative estimate of drug-likeness (QED) is 0.409. The molecule has 2 N–H and O–H groups in total. The van der Waals surface area contributed by atoms with Gasteiger partial charge in [-0.1, -0.05) is 30.3 Å². The third-order valence-electron chi connectivity index (χ3n) is 4.29. The van der Waals surface area contributed by atoms with Crippen LogP contribution in [0.2, 0.25) is 0 Å². The Morgan fingerprint density at radius 3 is 2.32 bits per heavy atom. The molecular formula is C20H28N4O2S2. The number of sulfonamides is 1. The highest BCUT2D eigenvalue weighted by Gasteiger charge is 2.20. The maximum absolute atomic E-state index is 12.5. The summed E-state index contributed by atoms with van der Waals surface area (Å²) < 4.78 is 26.3. The summed E-state index contributed by atoms with van der Waals surface area (Å²) in [6.07, 6.45) is 2.06. The van der Waals surface area contributed by atoms with Crippen LogP contribution in [0.15, 0.2) is 57.2 Å². The van der Waals surface area contributed by atoms with E-state index in [0.717, 1.165) is 0 Å². The predicted octanol–water partition coefficient (Wildman–Crippen LogP) is 2.83. The van der Waals surface area contributed by atoms with Crippen LogP contribution in [0, 0.1) is 6.92 Å². The lowest BCUT2D eigenvalue weighted by atomic mass is 10.1. The fourth-order valence-corrected chi connectivity index (χ4v) is 4.50. The average molecular weight is 421 g/mol. The first kappa shape index (κ1) is 22.3. The van der Waals surface area contributed by atoms with E-state index in [1.54, 1.807) is 30.9 Å². The first-order valence-corrected chi connectivity index (χ1v) is 11.5. The molecule has 0 unspecified atom stereocenters. The minimum absolute atomic E-state index is 0.297. The summed E-state index contributed by atoms with van der Waals surface area (Å²) in [5, 5.41) is 6.50. The average Bonchev–Trinajstić information content (AvgIpc) is 2.68. The minimum Gasteiger partial charge on any atom is -0.352 e. The van der Waals surface area contributed by atoms with Crippen LogP contribution in [0.4, 0.5) is 0 Å². The Morgan fingerprint density at radius 2 is 1.71 bits per heavy atom. The molecule has 2 rings (SSSR count). The SMILES string of the molecule is CN=C(NCc1ccc(C)cc1SC)NCc1ccccc1S(=O)(=O)N(C)C. The van der Waals surface area contributed by atoms with E-state index in [1.165, 1.54) is 34.4 Å². The first-order chi connectivity index (χ1) is 13.3. The van der Waals surface area contributed by atoms with Gasteiger partial charge in [0.25, 0.3) is 0 Å². The van der Waals surface area contributed by atoms with E-state index in [9.17, 15) is 8.42 Å². The van der Waals surface area contributed by atoms with Crippen molar-refractivity contribution in [3.8, 4) is 0 Å². The molecule has 0 spiro atoms. The number of rotatable bonds is 7. The van der Waals surface area contributed by atoms with Gasteiger partial charge >= 0.3 is 0 Å². The molecule has 6 nitrogen and oxygen atoms in total. The van der Waals surface area contributed by atoms with E-state index >= 15 is 0 Å². The Hall–Kier alpha value is -2.03. The van der Waals surface area contributed by atoms with Gasteiger partial charge in [-0.05, 0) is 42.0 Å². The Balaban J connectivity index is 2.08. The molecular weight excluding hydrogens is 392 g/mol. The molecule has 0 saturated heterocycles. The first-order valence-electron chi connectivity index (χ1n) is 8.88.